The molecule has 1 aromatic rings. The Labute approximate surface area is 85.1 Å². The minimum atomic E-state index is -0.797. The Morgan fingerprint density at radius 3 is 2.79 bits per heavy atom. The standard InChI is InChI=1S/C11H19NO2/c1-9(2)12-6-5-11(3,13)10-4-7-14-8-10/h4,7-9,12-13H,5-6H2,1-3H3. The fourth-order valence-corrected chi connectivity index (χ4v) is 1.32. The summed E-state index contributed by atoms with van der Waals surface area (Å²) in [6.07, 6.45) is 3.86. The molecule has 0 fully saturated rings. The maximum absolute atomic E-state index is 10.1. The molecular weight excluding hydrogens is 178 g/mol. The first kappa shape index (κ1) is 11.3. The maximum Gasteiger partial charge on any atom is 0.0963 e. The van der Waals surface area contributed by atoms with Crippen LogP contribution in [0.2, 0.25) is 0 Å². The van der Waals surface area contributed by atoms with Gasteiger partial charge in [-0.15, -0.1) is 0 Å². The number of rotatable bonds is 5. The van der Waals surface area contributed by atoms with Crippen molar-refractivity contribution in [1.82, 2.24) is 5.32 Å². The summed E-state index contributed by atoms with van der Waals surface area (Å²) in [6.45, 7) is 6.79. The molecule has 0 spiro atoms. The molecule has 1 heterocycles. The average molecular weight is 197 g/mol. The lowest BCUT2D eigenvalue weighted by molar-refractivity contribution is 0.0469. The summed E-state index contributed by atoms with van der Waals surface area (Å²) in [5.74, 6) is 0. The molecule has 0 aliphatic heterocycles. The van der Waals surface area contributed by atoms with Crippen LogP contribution in [0.15, 0.2) is 23.0 Å². The van der Waals surface area contributed by atoms with Crippen molar-refractivity contribution in [2.24, 2.45) is 0 Å². The maximum atomic E-state index is 10.1. The Morgan fingerprint density at radius 1 is 1.57 bits per heavy atom. The van der Waals surface area contributed by atoms with Gasteiger partial charge >= 0.3 is 0 Å². The van der Waals surface area contributed by atoms with Crippen molar-refractivity contribution in [2.75, 3.05) is 6.54 Å². The molecule has 3 heteroatoms. The zero-order valence-electron chi connectivity index (χ0n) is 9.08. The fraction of sp³-hybridized carbons (Fsp3) is 0.636. The summed E-state index contributed by atoms with van der Waals surface area (Å²) in [4.78, 5) is 0. The molecule has 2 N–H and O–H groups in total. The molecule has 14 heavy (non-hydrogen) atoms. The second kappa shape index (κ2) is 4.62. The van der Waals surface area contributed by atoms with Crippen LogP contribution in [0.1, 0.15) is 32.8 Å². The van der Waals surface area contributed by atoms with Gasteiger partial charge in [-0.05, 0) is 26.0 Å². The average Bonchev–Trinajstić information content (AvgIpc) is 2.54. The summed E-state index contributed by atoms with van der Waals surface area (Å²) in [5, 5.41) is 13.4. The van der Waals surface area contributed by atoms with Gasteiger partial charge in [0.1, 0.15) is 0 Å². The lowest BCUT2D eigenvalue weighted by atomic mass is 9.95. The van der Waals surface area contributed by atoms with Gasteiger partial charge in [-0.25, -0.2) is 0 Å². The quantitative estimate of drug-likeness (QED) is 0.757. The van der Waals surface area contributed by atoms with Crippen LogP contribution >= 0.6 is 0 Å². The molecule has 0 amide bonds. The summed E-state index contributed by atoms with van der Waals surface area (Å²) >= 11 is 0. The minimum Gasteiger partial charge on any atom is -0.472 e. The number of hydrogen-bond acceptors (Lipinski definition) is 3. The fourth-order valence-electron chi connectivity index (χ4n) is 1.32. The van der Waals surface area contributed by atoms with Crippen LogP contribution in [0.25, 0.3) is 0 Å². The van der Waals surface area contributed by atoms with Crippen molar-refractivity contribution >= 4 is 0 Å². The van der Waals surface area contributed by atoms with E-state index >= 15 is 0 Å². The van der Waals surface area contributed by atoms with Crippen LogP contribution < -0.4 is 5.32 Å². The van der Waals surface area contributed by atoms with Gasteiger partial charge in [-0.1, -0.05) is 13.8 Å². The van der Waals surface area contributed by atoms with E-state index in [-0.39, 0.29) is 0 Å². The molecule has 1 atom stereocenters. The Bertz CT molecular complexity index is 252. The molecule has 0 aliphatic rings. The molecule has 0 saturated heterocycles. The smallest absolute Gasteiger partial charge is 0.0963 e. The Hall–Kier alpha value is -0.800. The largest absolute Gasteiger partial charge is 0.472 e. The van der Waals surface area contributed by atoms with Crippen LogP contribution in [0.3, 0.4) is 0 Å². The first-order chi connectivity index (χ1) is 6.52. The van der Waals surface area contributed by atoms with E-state index < -0.39 is 5.60 Å². The highest BCUT2D eigenvalue weighted by Crippen LogP contribution is 2.23. The van der Waals surface area contributed by atoms with Crippen LogP contribution in [0.5, 0.6) is 0 Å². The lowest BCUT2D eigenvalue weighted by Crippen LogP contribution is -2.30. The Kier molecular flexibility index (Phi) is 3.72. The first-order valence-corrected chi connectivity index (χ1v) is 5.01. The first-order valence-electron chi connectivity index (χ1n) is 5.01. The predicted octanol–water partition coefficient (Wildman–Crippen LogP) is 1.88. The summed E-state index contributed by atoms with van der Waals surface area (Å²) in [6, 6.07) is 2.25. The van der Waals surface area contributed by atoms with Gasteiger partial charge in [0, 0.05) is 11.6 Å². The van der Waals surface area contributed by atoms with Crippen molar-refractivity contribution in [3.05, 3.63) is 24.2 Å². The van der Waals surface area contributed by atoms with Crippen molar-refractivity contribution in [1.29, 1.82) is 0 Å². The summed E-state index contributed by atoms with van der Waals surface area (Å²) in [7, 11) is 0. The van der Waals surface area contributed by atoms with E-state index in [4.69, 9.17) is 4.42 Å². The third kappa shape index (κ3) is 3.16. The number of hydrogen-bond donors (Lipinski definition) is 2. The molecule has 0 aromatic carbocycles. The Morgan fingerprint density at radius 2 is 2.29 bits per heavy atom. The van der Waals surface area contributed by atoms with E-state index in [1.807, 2.05) is 0 Å². The van der Waals surface area contributed by atoms with E-state index in [9.17, 15) is 5.11 Å². The third-order valence-electron chi connectivity index (χ3n) is 2.31. The molecule has 0 bridgehead atoms. The van der Waals surface area contributed by atoms with Crippen molar-refractivity contribution < 1.29 is 9.52 Å². The second-order valence-electron chi connectivity index (χ2n) is 4.14. The number of aliphatic hydroxyl groups is 1. The zero-order valence-corrected chi connectivity index (χ0v) is 9.08. The highest BCUT2D eigenvalue weighted by atomic mass is 16.3. The molecule has 0 aliphatic carbocycles. The minimum absolute atomic E-state index is 0.454. The van der Waals surface area contributed by atoms with Crippen LogP contribution in [0, 0.1) is 0 Å². The highest BCUT2D eigenvalue weighted by Gasteiger charge is 2.23. The van der Waals surface area contributed by atoms with E-state index in [0.717, 1.165) is 12.1 Å². The van der Waals surface area contributed by atoms with E-state index in [1.165, 1.54) is 0 Å². The second-order valence-corrected chi connectivity index (χ2v) is 4.14. The SMILES string of the molecule is CC(C)NCCC(C)(O)c1ccoc1. The van der Waals surface area contributed by atoms with E-state index in [1.54, 1.807) is 25.5 Å². The predicted molar refractivity (Wildman–Crippen MR) is 56.0 cm³/mol. The molecule has 80 valence electrons. The van der Waals surface area contributed by atoms with Gasteiger partial charge in [0.2, 0.25) is 0 Å². The number of nitrogens with one attached hydrogen (secondary N) is 1. The van der Waals surface area contributed by atoms with Crippen molar-refractivity contribution in [3.63, 3.8) is 0 Å². The van der Waals surface area contributed by atoms with Gasteiger partial charge in [0.15, 0.2) is 0 Å². The zero-order chi connectivity index (χ0) is 10.6. The van der Waals surface area contributed by atoms with Gasteiger partial charge in [-0.3, -0.25) is 0 Å². The van der Waals surface area contributed by atoms with Crippen LogP contribution in [-0.4, -0.2) is 17.7 Å². The molecule has 1 unspecified atom stereocenters. The van der Waals surface area contributed by atoms with Crippen LogP contribution in [-0.2, 0) is 5.60 Å². The topological polar surface area (TPSA) is 45.4 Å². The van der Waals surface area contributed by atoms with Gasteiger partial charge in [0.05, 0.1) is 18.1 Å². The van der Waals surface area contributed by atoms with E-state index in [2.05, 4.69) is 19.2 Å². The lowest BCUT2D eigenvalue weighted by Gasteiger charge is -2.22. The van der Waals surface area contributed by atoms with Crippen molar-refractivity contribution in [3.8, 4) is 0 Å². The number of furan rings is 1. The van der Waals surface area contributed by atoms with E-state index in [0.29, 0.717) is 12.5 Å². The van der Waals surface area contributed by atoms with Crippen molar-refractivity contribution in [2.45, 2.75) is 38.8 Å². The third-order valence-corrected chi connectivity index (χ3v) is 2.31. The normalized spacial score (nSPS) is 15.8. The van der Waals surface area contributed by atoms with Gasteiger partial charge in [-0.2, -0.15) is 0 Å². The summed E-state index contributed by atoms with van der Waals surface area (Å²) in [5.41, 5.74) is 0.0394. The Balaban J connectivity index is 2.42. The molecule has 1 rings (SSSR count). The molecule has 0 radical (unpaired) electrons. The molecule has 1 aromatic heterocycles. The van der Waals surface area contributed by atoms with Crippen LogP contribution in [0.4, 0.5) is 0 Å². The molecule has 0 saturated carbocycles. The molecule has 3 nitrogen and oxygen atoms in total. The summed E-state index contributed by atoms with van der Waals surface area (Å²) < 4.78 is 4.95. The molecular formula is C11H19NO2. The monoisotopic (exact) mass is 197 g/mol. The van der Waals surface area contributed by atoms with Gasteiger partial charge < -0.3 is 14.8 Å². The van der Waals surface area contributed by atoms with Gasteiger partial charge in [0.25, 0.3) is 0 Å². The highest BCUT2D eigenvalue weighted by molar-refractivity contribution is 5.14.